The summed E-state index contributed by atoms with van der Waals surface area (Å²) in [6.45, 7) is 0.450. The minimum atomic E-state index is -0.986. The van der Waals surface area contributed by atoms with Crippen molar-refractivity contribution in [1.29, 1.82) is 0 Å². The molecule has 0 aliphatic heterocycles. The van der Waals surface area contributed by atoms with Crippen molar-refractivity contribution in [2.75, 3.05) is 24.5 Å². The first-order chi connectivity index (χ1) is 9.54. The lowest BCUT2D eigenvalue weighted by Gasteiger charge is -2.22. The number of amides is 1. The van der Waals surface area contributed by atoms with E-state index >= 15 is 0 Å². The Morgan fingerprint density at radius 2 is 2.10 bits per heavy atom. The lowest BCUT2D eigenvalue weighted by atomic mass is 10.2. The maximum Gasteiger partial charge on any atom is 0.323 e. The molecule has 0 heterocycles. The molecule has 0 unspecified atom stereocenters. The summed E-state index contributed by atoms with van der Waals surface area (Å²) in [4.78, 5) is 24.3. The monoisotopic (exact) mass is 296 g/mol. The van der Waals surface area contributed by atoms with Crippen LogP contribution in [-0.2, 0) is 9.59 Å². The third kappa shape index (κ3) is 4.74. The number of halogens is 1. The van der Waals surface area contributed by atoms with E-state index in [-0.39, 0.29) is 19.0 Å². The maximum atomic E-state index is 11.8. The number of carboxylic acid groups (broad SMARTS) is 1. The van der Waals surface area contributed by atoms with Crippen LogP contribution in [-0.4, -0.2) is 36.6 Å². The van der Waals surface area contributed by atoms with E-state index in [2.05, 4.69) is 5.32 Å². The van der Waals surface area contributed by atoms with Gasteiger partial charge < -0.3 is 15.3 Å². The molecule has 0 atom stereocenters. The van der Waals surface area contributed by atoms with Gasteiger partial charge in [-0.05, 0) is 37.0 Å². The van der Waals surface area contributed by atoms with Crippen molar-refractivity contribution >= 4 is 29.2 Å². The zero-order chi connectivity index (χ0) is 14.5. The number of carbonyl (C=O) groups is 2. The van der Waals surface area contributed by atoms with Crippen molar-refractivity contribution in [2.24, 2.45) is 5.92 Å². The number of carboxylic acids is 1. The smallest absolute Gasteiger partial charge is 0.323 e. The zero-order valence-electron chi connectivity index (χ0n) is 11.0. The van der Waals surface area contributed by atoms with Crippen LogP contribution in [0.15, 0.2) is 24.3 Å². The van der Waals surface area contributed by atoms with E-state index in [9.17, 15) is 9.59 Å². The normalized spacial score (nSPS) is 13.8. The maximum absolute atomic E-state index is 11.8. The van der Waals surface area contributed by atoms with Gasteiger partial charge in [-0.15, -0.1) is 0 Å². The molecule has 2 rings (SSSR count). The largest absolute Gasteiger partial charge is 0.480 e. The molecule has 5 nitrogen and oxygen atoms in total. The summed E-state index contributed by atoms with van der Waals surface area (Å²) in [6.07, 6.45) is 2.32. The standard InChI is InChI=1S/C14H17ClN2O3/c15-11-2-1-3-12(6-11)17(9-14(19)20)8-13(18)16-7-10-4-5-10/h1-3,6,10H,4-5,7-9H2,(H,16,18)(H,19,20). The molecule has 0 radical (unpaired) electrons. The summed E-state index contributed by atoms with van der Waals surface area (Å²) in [7, 11) is 0. The van der Waals surface area contributed by atoms with E-state index in [1.165, 1.54) is 4.90 Å². The van der Waals surface area contributed by atoms with Gasteiger partial charge in [-0.3, -0.25) is 9.59 Å². The van der Waals surface area contributed by atoms with Crippen LogP contribution in [0, 0.1) is 5.92 Å². The average molecular weight is 297 g/mol. The van der Waals surface area contributed by atoms with E-state index in [1.54, 1.807) is 24.3 Å². The molecule has 1 aliphatic rings. The molecule has 1 aromatic rings. The fourth-order valence-electron chi connectivity index (χ4n) is 1.88. The number of nitrogens with one attached hydrogen (secondary N) is 1. The van der Waals surface area contributed by atoms with Crippen LogP contribution >= 0.6 is 11.6 Å². The Hall–Kier alpha value is -1.75. The highest BCUT2D eigenvalue weighted by molar-refractivity contribution is 6.30. The van der Waals surface area contributed by atoms with Gasteiger partial charge in [0.2, 0.25) is 5.91 Å². The SMILES string of the molecule is O=C(O)CN(CC(=O)NCC1CC1)c1cccc(Cl)c1. The van der Waals surface area contributed by atoms with Crippen LogP contribution in [0.1, 0.15) is 12.8 Å². The molecule has 1 aliphatic carbocycles. The average Bonchev–Trinajstić information content (AvgIpc) is 3.19. The number of hydrogen-bond acceptors (Lipinski definition) is 3. The summed E-state index contributed by atoms with van der Waals surface area (Å²) >= 11 is 5.90. The molecule has 108 valence electrons. The Morgan fingerprint density at radius 1 is 1.35 bits per heavy atom. The van der Waals surface area contributed by atoms with Gasteiger partial charge >= 0.3 is 5.97 Å². The van der Waals surface area contributed by atoms with E-state index in [0.29, 0.717) is 23.2 Å². The number of anilines is 1. The van der Waals surface area contributed by atoms with E-state index in [0.717, 1.165) is 12.8 Å². The predicted octanol–water partition coefficient (Wildman–Crippen LogP) is 1.76. The Labute approximate surface area is 122 Å². The Kier molecular flexibility index (Phi) is 4.84. The molecule has 6 heteroatoms. The fourth-order valence-corrected chi connectivity index (χ4v) is 2.07. The van der Waals surface area contributed by atoms with Gasteiger partial charge in [0, 0.05) is 17.3 Å². The highest BCUT2D eigenvalue weighted by Gasteiger charge is 2.22. The summed E-state index contributed by atoms with van der Waals surface area (Å²) in [5.41, 5.74) is 0.626. The molecule has 0 saturated heterocycles. The minimum absolute atomic E-state index is 0.0133. The van der Waals surface area contributed by atoms with E-state index < -0.39 is 5.97 Å². The molecule has 0 bridgehead atoms. The Balaban J connectivity index is 1.98. The van der Waals surface area contributed by atoms with Crippen LogP contribution in [0.25, 0.3) is 0 Å². The number of hydrogen-bond donors (Lipinski definition) is 2. The van der Waals surface area contributed by atoms with Crippen LogP contribution in [0.3, 0.4) is 0 Å². The second-order valence-corrected chi connectivity index (χ2v) is 5.41. The van der Waals surface area contributed by atoms with Gasteiger partial charge in [0.15, 0.2) is 0 Å². The Bertz CT molecular complexity index is 503. The third-order valence-electron chi connectivity index (χ3n) is 3.12. The number of nitrogens with zero attached hydrogens (tertiary/aromatic N) is 1. The van der Waals surface area contributed by atoms with Crippen molar-refractivity contribution in [3.63, 3.8) is 0 Å². The molecule has 0 aromatic heterocycles. The lowest BCUT2D eigenvalue weighted by Crippen LogP contribution is -2.40. The topological polar surface area (TPSA) is 69.6 Å². The van der Waals surface area contributed by atoms with Crippen molar-refractivity contribution in [3.05, 3.63) is 29.3 Å². The number of aliphatic carboxylic acids is 1. The summed E-state index contributed by atoms with van der Waals surface area (Å²) in [5, 5.41) is 12.3. The van der Waals surface area contributed by atoms with Crippen LogP contribution in [0.4, 0.5) is 5.69 Å². The molecule has 1 saturated carbocycles. The number of benzene rings is 1. The summed E-state index contributed by atoms with van der Waals surface area (Å²) < 4.78 is 0. The van der Waals surface area contributed by atoms with Crippen molar-refractivity contribution in [2.45, 2.75) is 12.8 Å². The van der Waals surface area contributed by atoms with Crippen LogP contribution in [0.2, 0.25) is 5.02 Å². The molecular formula is C14H17ClN2O3. The lowest BCUT2D eigenvalue weighted by molar-refractivity contribution is -0.135. The third-order valence-corrected chi connectivity index (χ3v) is 3.35. The van der Waals surface area contributed by atoms with Crippen molar-refractivity contribution in [1.82, 2.24) is 5.32 Å². The number of rotatable bonds is 7. The van der Waals surface area contributed by atoms with Gasteiger partial charge in [0.25, 0.3) is 0 Å². The predicted molar refractivity (Wildman–Crippen MR) is 77.0 cm³/mol. The van der Waals surface area contributed by atoms with Gasteiger partial charge in [-0.2, -0.15) is 0 Å². The first-order valence-corrected chi connectivity index (χ1v) is 6.91. The van der Waals surface area contributed by atoms with Gasteiger partial charge in [0.05, 0.1) is 6.54 Å². The second kappa shape index (κ2) is 6.61. The minimum Gasteiger partial charge on any atom is -0.480 e. The molecule has 0 spiro atoms. The van der Waals surface area contributed by atoms with Crippen LogP contribution in [0.5, 0.6) is 0 Å². The highest BCUT2D eigenvalue weighted by atomic mass is 35.5. The molecule has 1 amide bonds. The highest BCUT2D eigenvalue weighted by Crippen LogP contribution is 2.27. The summed E-state index contributed by atoms with van der Waals surface area (Å²) in [6, 6.07) is 6.83. The molecule has 2 N–H and O–H groups in total. The molecule has 20 heavy (non-hydrogen) atoms. The van der Waals surface area contributed by atoms with Crippen molar-refractivity contribution in [3.8, 4) is 0 Å². The van der Waals surface area contributed by atoms with E-state index in [1.807, 2.05) is 0 Å². The Morgan fingerprint density at radius 3 is 2.70 bits per heavy atom. The fraction of sp³-hybridized carbons (Fsp3) is 0.429. The van der Waals surface area contributed by atoms with E-state index in [4.69, 9.17) is 16.7 Å². The molecular weight excluding hydrogens is 280 g/mol. The van der Waals surface area contributed by atoms with Crippen LogP contribution < -0.4 is 10.2 Å². The number of carbonyl (C=O) groups excluding carboxylic acids is 1. The first-order valence-electron chi connectivity index (χ1n) is 6.53. The zero-order valence-corrected chi connectivity index (χ0v) is 11.8. The summed E-state index contributed by atoms with van der Waals surface area (Å²) in [5.74, 6) is -0.559. The molecule has 1 aromatic carbocycles. The van der Waals surface area contributed by atoms with Gasteiger partial charge in [-0.25, -0.2) is 0 Å². The van der Waals surface area contributed by atoms with Gasteiger partial charge in [-0.1, -0.05) is 17.7 Å². The van der Waals surface area contributed by atoms with Gasteiger partial charge in [0.1, 0.15) is 6.54 Å². The first kappa shape index (κ1) is 14.7. The second-order valence-electron chi connectivity index (χ2n) is 4.98. The molecule has 1 fully saturated rings. The quantitative estimate of drug-likeness (QED) is 0.804. The van der Waals surface area contributed by atoms with Crippen molar-refractivity contribution < 1.29 is 14.7 Å².